The van der Waals surface area contributed by atoms with E-state index in [0.717, 1.165) is 29.9 Å². The van der Waals surface area contributed by atoms with E-state index in [9.17, 15) is 4.79 Å². The van der Waals surface area contributed by atoms with Gasteiger partial charge in [-0.3, -0.25) is 4.79 Å². The van der Waals surface area contributed by atoms with E-state index in [0.29, 0.717) is 12.2 Å². The van der Waals surface area contributed by atoms with E-state index in [1.165, 1.54) is 0 Å². The molecule has 2 aromatic rings. The molecule has 4 heteroatoms. The number of rotatable bonds is 5. The van der Waals surface area contributed by atoms with Crippen LogP contribution in [0.25, 0.3) is 0 Å². The Kier molecular flexibility index (Phi) is 4.98. The highest BCUT2D eigenvalue weighted by molar-refractivity contribution is 5.94. The van der Waals surface area contributed by atoms with Crippen LogP contribution in [0.1, 0.15) is 55.6 Å². The quantitative estimate of drug-likeness (QED) is 0.872. The Morgan fingerprint density at radius 1 is 1.20 bits per heavy atom. The Morgan fingerprint density at radius 3 is 2.64 bits per heavy atom. The number of para-hydroxylation sites is 1. The molecule has 3 rings (SSSR count). The first-order valence-electron chi connectivity index (χ1n) is 8.80. The van der Waals surface area contributed by atoms with E-state index >= 15 is 0 Å². The molecular formula is C21H25NO3. The first-order chi connectivity index (χ1) is 12.0. The number of ether oxygens (including phenoxy) is 2. The van der Waals surface area contributed by atoms with E-state index < -0.39 is 0 Å². The molecule has 1 atom stereocenters. The minimum Gasteiger partial charge on any atom is -0.494 e. The van der Waals surface area contributed by atoms with Gasteiger partial charge in [0, 0.05) is 17.5 Å². The number of carbonyl (C=O) groups is 1. The molecule has 0 aliphatic carbocycles. The van der Waals surface area contributed by atoms with Gasteiger partial charge in [-0.25, -0.2) is 0 Å². The molecule has 0 radical (unpaired) electrons. The summed E-state index contributed by atoms with van der Waals surface area (Å²) in [5.74, 6) is 1.54. The molecule has 2 aromatic carbocycles. The topological polar surface area (TPSA) is 47.6 Å². The van der Waals surface area contributed by atoms with E-state index in [1.807, 2.05) is 50.2 Å². The second kappa shape index (κ2) is 7.18. The molecular weight excluding hydrogens is 314 g/mol. The molecule has 0 spiro atoms. The van der Waals surface area contributed by atoms with Crippen LogP contribution < -0.4 is 14.8 Å². The molecule has 0 saturated heterocycles. The van der Waals surface area contributed by atoms with Crippen molar-refractivity contribution in [1.82, 2.24) is 5.32 Å². The largest absolute Gasteiger partial charge is 0.494 e. The Labute approximate surface area is 149 Å². The van der Waals surface area contributed by atoms with Crippen LogP contribution in [-0.4, -0.2) is 18.1 Å². The number of nitrogens with one attached hydrogen (secondary N) is 1. The van der Waals surface area contributed by atoms with Crippen molar-refractivity contribution in [1.29, 1.82) is 0 Å². The zero-order chi connectivity index (χ0) is 17.9. The van der Waals surface area contributed by atoms with Crippen molar-refractivity contribution in [2.75, 3.05) is 6.61 Å². The zero-order valence-electron chi connectivity index (χ0n) is 15.0. The third-order valence-corrected chi connectivity index (χ3v) is 4.27. The van der Waals surface area contributed by atoms with Crippen molar-refractivity contribution in [2.24, 2.45) is 0 Å². The zero-order valence-corrected chi connectivity index (χ0v) is 15.0. The molecule has 1 heterocycles. The minimum atomic E-state index is -0.315. The molecule has 0 aromatic heterocycles. The predicted octanol–water partition coefficient (Wildman–Crippen LogP) is 4.51. The van der Waals surface area contributed by atoms with Crippen molar-refractivity contribution in [3.8, 4) is 11.5 Å². The maximum atomic E-state index is 12.7. The van der Waals surface area contributed by atoms with Crippen LogP contribution in [0, 0.1) is 0 Å². The Balaban J connectivity index is 1.74. The maximum absolute atomic E-state index is 12.7. The van der Waals surface area contributed by atoms with Gasteiger partial charge in [-0.15, -0.1) is 0 Å². The summed E-state index contributed by atoms with van der Waals surface area (Å²) in [7, 11) is 0. The van der Waals surface area contributed by atoms with Gasteiger partial charge in [0.15, 0.2) is 0 Å². The molecule has 0 saturated carbocycles. The normalized spacial score (nSPS) is 18.0. The van der Waals surface area contributed by atoms with E-state index in [1.54, 1.807) is 12.1 Å². The average Bonchev–Trinajstić information content (AvgIpc) is 2.59. The molecule has 0 fully saturated rings. The molecule has 1 aliphatic rings. The van der Waals surface area contributed by atoms with E-state index in [2.05, 4.69) is 12.2 Å². The molecule has 0 bridgehead atoms. The highest BCUT2D eigenvalue weighted by atomic mass is 16.5. The van der Waals surface area contributed by atoms with Crippen molar-refractivity contribution < 1.29 is 14.3 Å². The number of fused-ring (bicyclic) bond motifs is 1. The van der Waals surface area contributed by atoms with Crippen LogP contribution in [0.5, 0.6) is 11.5 Å². The summed E-state index contributed by atoms with van der Waals surface area (Å²) in [6.07, 6.45) is 1.69. The smallest absolute Gasteiger partial charge is 0.251 e. The lowest BCUT2D eigenvalue weighted by molar-refractivity contribution is 0.0620. The Bertz CT molecular complexity index is 737. The average molecular weight is 339 g/mol. The van der Waals surface area contributed by atoms with E-state index in [-0.39, 0.29) is 17.6 Å². The maximum Gasteiger partial charge on any atom is 0.251 e. The van der Waals surface area contributed by atoms with Crippen molar-refractivity contribution in [3.63, 3.8) is 0 Å². The third-order valence-electron chi connectivity index (χ3n) is 4.27. The van der Waals surface area contributed by atoms with E-state index in [4.69, 9.17) is 9.47 Å². The summed E-state index contributed by atoms with van der Waals surface area (Å²) in [5.41, 5.74) is 1.34. The number of carbonyl (C=O) groups excluding carboxylic acids is 1. The van der Waals surface area contributed by atoms with Gasteiger partial charge in [-0.1, -0.05) is 25.1 Å². The SMILES string of the molecule is CCCOc1ccc(C(=O)N[C@H]2CC(C)(C)Oc3ccccc32)cc1. The van der Waals surface area contributed by atoms with Crippen LogP contribution >= 0.6 is 0 Å². The highest BCUT2D eigenvalue weighted by Gasteiger charge is 2.34. The van der Waals surface area contributed by atoms with Crippen molar-refractivity contribution >= 4 is 5.91 Å². The molecule has 1 aliphatic heterocycles. The lowest BCUT2D eigenvalue weighted by Crippen LogP contribution is -2.41. The summed E-state index contributed by atoms with van der Waals surface area (Å²) in [5, 5.41) is 3.15. The van der Waals surface area contributed by atoms with Crippen molar-refractivity contribution in [3.05, 3.63) is 59.7 Å². The summed E-state index contributed by atoms with van der Waals surface area (Å²) in [4.78, 5) is 12.7. The standard InChI is InChI=1S/C21H25NO3/c1-4-13-24-16-11-9-15(10-12-16)20(23)22-18-14-21(2,3)25-19-8-6-5-7-17(18)19/h5-12,18H,4,13-14H2,1-3H3,(H,22,23)/t18-/m0/s1. The second-order valence-electron chi connectivity index (χ2n) is 7.00. The minimum absolute atomic E-state index is 0.0662. The summed E-state index contributed by atoms with van der Waals surface area (Å²) < 4.78 is 11.6. The number of benzene rings is 2. The van der Waals surface area contributed by atoms with Crippen molar-refractivity contribution in [2.45, 2.75) is 45.3 Å². The fourth-order valence-electron chi connectivity index (χ4n) is 3.10. The lowest BCUT2D eigenvalue weighted by atomic mass is 9.89. The molecule has 1 N–H and O–H groups in total. The van der Waals surface area contributed by atoms with Gasteiger partial charge >= 0.3 is 0 Å². The first kappa shape index (κ1) is 17.3. The van der Waals surface area contributed by atoms with Gasteiger partial charge in [0.2, 0.25) is 0 Å². The number of hydrogen-bond acceptors (Lipinski definition) is 3. The number of hydrogen-bond donors (Lipinski definition) is 1. The van der Waals surface area contributed by atoms with Crippen LogP contribution in [0.3, 0.4) is 0 Å². The van der Waals surface area contributed by atoms with Crippen LogP contribution in [-0.2, 0) is 0 Å². The highest BCUT2D eigenvalue weighted by Crippen LogP contribution is 2.39. The van der Waals surface area contributed by atoms with Crippen LogP contribution in [0.4, 0.5) is 0 Å². The fraction of sp³-hybridized carbons (Fsp3) is 0.381. The van der Waals surface area contributed by atoms with Crippen LogP contribution in [0.2, 0.25) is 0 Å². The second-order valence-corrected chi connectivity index (χ2v) is 7.00. The summed E-state index contributed by atoms with van der Waals surface area (Å²) >= 11 is 0. The summed E-state index contributed by atoms with van der Waals surface area (Å²) in [6.45, 7) is 6.83. The lowest BCUT2D eigenvalue weighted by Gasteiger charge is -2.37. The van der Waals surface area contributed by atoms with Gasteiger partial charge in [0.05, 0.1) is 12.6 Å². The van der Waals surface area contributed by atoms with Gasteiger partial charge < -0.3 is 14.8 Å². The molecule has 0 unspecified atom stereocenters. The molecule has 4 nitrogen and oxygen atoms in total. The molecule has 1 amide bonds. The molecule has 25 heavy (non-hydrogen) atoms. The van der Waals surface area contributed by atoms with Gasteiger partial charge in [0.1, 0.15) is 17.1 Å². The van der Waals surface area contributed by atoms with Crippen LogP contribution in [0.15, 0.2) is 48.5 Å². The predicted molar refractivity (Wildman–Crippen MR) is 98.2 cm³/mol. The molecule has 132 valence electrons. The van der Waals surface area contributed by atoms with Gasteiger partial charge in [-0.2, -0.15) is 0 Å². The first-order valence-corrected chi connectivity index (χ1v) is 8.80. The fourth-order valence-corrected chi connectivity index (χ4v) is 3.10. The Morgan fingerprint density at radius 2 is 1.92 bits per heavy atom. The van der Waals surface area contributed by atoms with Gasteiger partial charge in [0.25, 0.3) is 5.91 Å². The Hall–Kier alpha value is -2.49. The third kappa shape index (κ3) is 4.13. The van der Waals surface area contributed by atoms with Gasteiger partial charge in [-0.05, 0) is 50.6 Å². The number of amides is 1. The monoisotopic (exact) mass is 339 g/mol. The summed E-state index contributed by atoms with van der Waals surface area (Å²) in [6, 6.07) is 15.1.